The number of aryl methyl sites for hydroxylation is 1. The normalized spacial score (nSPS) is 13.1. The number of rotatable bonds is 5. The van der Waals surface area contributed by atoms with Crippen LogP contribution in [0.1, 0.15) is 37.7 Å². The molecule has 0 amide bonds. The smallest absolute Gasteiger partial charge is 0.182 e. The maximum absolute atomic E-state index is 11.9. The van der Waals surface area contributed by atoms with Crippen molar-refractivity contribution in [3.8, 4) is 0 Å². The standard InChI is InChI=1S/C11H19N3O/c1-4-14-10(5-6-13-14)11(15)7-9(12)8(2)3/h5-6,8-9H,4,7,12H2,1-3H3. The van der Waals surface area contributed by atoms with Crippen molar-refractivity contribution in [2.75, 3.05) is 0 Å². The van der Waals surface area contributed by atoms with E-state index in [1.165, 1.54) is 0 Å². The van der Waals surface area contributed by atoms with Gasteiger partial charge in [0.1, 0.15) is 5.69 Å². The quantitative estimate of drug-likeness (QED) is 0.747. The lowest BCUT2D eigenvalue weighted by Gasteiger charge is -2.14. The van der Waals surface area contributed by atoms with E-state index in [9.17, 15) is 4.79 Å². The predicted molar refractivity (Wildman–Crippen MR) is 59.7 cm³/mol. The number of nitrogens with zero attached hydrogens (tertiary/aromatic N) is 2. The van der Waals surface area contributed by atoms with Gasteiger partial charge in [0.15, 0.2) is 5.78 Å². The van der Waals surface area contributed by atoms with Gasteiger partial charge in [0.05, 0.1) is 0 Å². The average molecular weight is 209 g/mol. The van der Waals surface area contributed by atoms with Crippen LogP contribution in [-0.2, 0) is 6.54 Å². The maximum atomic E-state index is 11.9. The van der Waals surface area contributed by atoms with Gasteiger partial charge in [0, 0.05) is 25.2 Å². The largest absolute Gasteiger partial charge is 0.327 e. The first-order chi connectivity index (χ1) is 7.06. The van der Waals surface area contributed by atoms with Gasteiger partial charge in [-0.1, -0.05) is 13.8 Å². The molecule has 1 heterocycles. The SMILES string of the molecule is CCn1nccc1C(=O)CC(N)C(C)C. The summed E-state index contributed by atoms with van der Waals surface area (Å²) in [6.07, 6.45) is 2.04. The molecule has 4 nitrogen and oxygen atoms in total. The molecule has 2 N–H and O–H groups in total. The fourth-order valence-electron chi connectivity index (χ4n) is 1.38. The van der Waals surface area contributed by atoms with E-state index in [2.05, 4.69) is 5.10 Å². The van der Waals surface area contributed by atoms with Crippen LogP contribution in [0.5, 0.6) is 0 Å². The molecule has 0 fully saturated rings. The number of ketones is 1. The van der Waals surface area contributed by atoms with E-state index >= 15 is 0 Å². The van der Waals surface area contributed by atoms with Crippen molar-refractivity contribution in [1.29, 1.82) is 0 Å². The molecule has 0 aromatic carbocycles. The minimum absolute atomic E-state index is 0.0716. The van der Waals surface area contributed by atoms with Gasteiger partial charge in [0.2, 0.25) is 0 Å². The molecular formula is C11H19N3O. The summed E-state index contributed by atoms with van der Waals surface area (Å²) in [4.78, 5) is 11.9. The summed E-state index contributed by atoms with van der Waals surface area (Å²) in [5.74, 6) is 0.405. The molecule has 0 aliphatic heterocycles. The summed E-state index contributed by atoms with van der Waals surface area (Å²) in [7, 11) is 0. The van der Waals surface area contributed by atoms with Crippen LogP contribution in [0.4, 0.5) is 0 Å². The Labute approximate surface area is 90.5 Å². The highest BCUT2D eigenvalue weighted by molar-refractivity contribution is 5.94. The molecule has 1 unspecified atom stereocenters. The Hall–Kier alpha value is -1.16. The Kier molecular flexibility index (Phi) is 4.03. The van der Waals surface area contributed by atoms with Crippen molar-refractivity contribution in [3.63, 3.8) is 0 Å². The Balaban J connectivity index is 2.69. The lowest BCUT2D eigenvalue weighted by molar-refractivity contribution is 0.0957. The molecule has 0 aliphatic carbocycles. The number of Topliss-reactive ketones (excluding diaryl/α,β-unsaturated/α-hetero) is 1. The van der Waals surface area contributed by atoms with Crippen LogP contribution >= 0.6 is 0 Å². The molecule has 15 heavy (non-hydrogen) atoms. The molecular weight excluding hydrogens is 190 g/mol. The van der Waals surface area contributed by atoms with Crippen molar-refractivity contribution in [2.24, 2.45) is 11.7 Å². The number of carbonyl (C=O) groups is 1. The predicted octanol–water partition coefficient (Wildman–Crippen LogP) is 1.46. The van der Waals surface area contributed by atoms with Gasteiger partial charge in [-0.05, 0) is 18.9 Å². The second kappa shape index (κ2) is 5.07. The topological polar surface area (TPSA) is 60.9 Å². The molecule has 0 saturated heterocycles. The van der Waals surface area contributed by atoms with E-state index in [-0.39, 0.29) is 11.8 Å². The van der Waals surface area contributed by atoms with Crippen LogP contribution in [0, 0.1) is 5.92 Å². The van der Waals surface area contributed by atoms with Gasteiger partial charge in [-0.2, -0.15) is 5.10 Å². The van der Waals surface area contributed by atoms with E-state index in [0.717, 1.165) is 0 Å². The number of hydrogen-bond donors (Lipinski definition) is 1. The summed E-state index contributed by atoms with van der Waals surface area (Å²) in [6.45, 7) is 6.72. The fourth-order valence-corrected chi connectivity index (χ4v) is 1.38. The average Bonchev–Trinajstić information content (AvgIpc) is 2.64. The highest BCUT2D eigenvalue weighted by atomic mass is 16.1. The molecule has 1 aromatic rings. The molecule has 0 radical (unpaired) electrons. The maximum Gasteiger partial charge on any atom is 0.182 e. The van der Waals surface area contributed by atoms with Crippen LogP contribution in [-0.4, -0.2) is 21.6 Å². The second-order valence-corrected chi connectivity index (χ2v) is 4.07. The van der Waals surface area contributed by atoms with E-state index in [1.54, 1.807) is 16.9 Å². The zero-order valence-corrected chi connectivity index (χ0v) is 9.60. The molecule has 4 heteroatoms. The number of hydrogen-bond acceptors (Lipinski definition) is 3. The Morgan fingerprint density at radius 2 is 2.27 bits per heavy atom. The van der Waals surface area contributed by atoms with Crippen LogP contribution in [0.15, 0.2) is 12.3 Å². The summed E-state index contributed by atoms with van der Waals surface area (Å²) in [6, 6.07) is 1.68. The lowest BCUT2D eigenvalue weighted by atomic mass is 9.99. The molecule has 1 atom stereocenters. The molecule has 1 rings (SSSR count). The third-order valence-corrected chi connectivity index (χ3v) is 2.58. The number of nitrogens with two attached hydrogens (primary N) is 1. The first-order valence-corrected chi connectivity index (χ1v) is 5.36. The van der Waals surface area contributed by atoms with E-state index < -0.39 is 0 Å². The molecule has 84 valence electrons. The van der Waals surface area contributed by atoms with Crippen LogP contribution < -0.4 is 5.73 Å². The Bertz CT molecular complexity index is 330. The zero-order chi connectivity index (χ0) is 11.4. The first kappa shape index (κ1) is 11.9. The molecule has 1 aromatic heterocycles. The van der Waals surface area contributed by atoms with Crippen LogP contribution in [0.25, 0.3) is 0 Å². The third-order valence-electron chi connectivity index (χ3n) is 2.58. The third kappa shape index (κ3) is 2.89. The zero-order valence-electron chi connectivity index (χ0n) is 9.60. The summed E-state index contributed by atoms with van der Waals surface area (Å²) in [5.41, 5.74) is 6.53. The van der Waals surface area contributed by atoms with Gasteiger partial charge < -0.3 is 5.73 Å². The molecule has 0 bridgehead atoms. The minimum atomic E-state index is -0.0716. The number of aromatic nitrogens is 2. The molecule has 0 spiro atoms. The fraction of sp³-hybridized carbons (Fsp3) is 0.636. The van der Waals surface area contributed by atoms with E-state index in [0.29, 0.717) is 24.6 Å². The van der Waals surface area contributed by atoms with Crippen molar-refractivity contribution in [2.45, 2.75) is 39.8 Å². The van der Waals surface area contributed by atoms with Gasteiger partial charge >= 0.3 is 0 Å². The highest BCUT2D eigenvalue weighted by Gasteiger charge is 2.17. The van der Waals surface area contributed by atoms with Gasteiger partial charge in [-0.3, -0.25) is 9.48 Å². The van der Waals surface area contributed by atoms with Crippen molar-refractivity contribution < 1.29 is 4.79 Å². The van der Waals surface area contributed by atoms with Crippen molar-refractivity contribution >= 4 is 5.78 Å². The van der Waals surface area contributed by atoms with Crippen LogP contribution in [0.2, 0.25) is 0 Å². The molecule has 0 aliphatic rings. The monoisotopic (exact) mass is 209 g/mol. The highest BCUT2D eigenvalue weighted by Crippen LogP contribution is 2.09. The second-order valence-electron chi connectivity index (χ2n) is 4.07. The van der Waals surface area contributed by atoms with E-state index in [1.807, 2.05) is 20.8 Å². The summed E-state index contributed by atoms with van der Waals surface area (Å²) < 4.78 is 1.70. The first-order valence-electron chi connectivity index (χ1n) is 5.36. The van der Waals surface area contributed by atoms with Crippen molar-refractivity contribution in [1.82, 2.24) is 9.78 Å². The summed E-state index contributed by atoms with van der Waals surface area (Å²) >= 11 is 0. The van der Waals surface area contributed by atoms with Gasteiger partial charge in [-0.15, -0.1) is 0 Å². The summed E-state index contributed by atoms with van der Waals surface area (Å²) in [5, 5.41) is 4.06. The van der Waals surface area contributed by atoms with Gasteiger partial charge in [0.25, 0.3) is 0 Å². The van der Waals surface area contributed by atoms with Crippen LogP contribution in [0.3, 0.4) is 0 Å². The van der Waals surface area contributed by atoms with Crippen molar-refractivity contribution in [3.05, 3.63) is 18.0 Å². The van der Waals surface area contributed by atoms with E-state index in [4.69, 9.17) is 5.73 Å². The Morgan fingerprint density at radius 3 is 2.80 bits per heavy atom. The lowest BCUT2D eigenvalue weighted by Crippen LogP contribution is -2.30. The minimum Gasteiger partial charge on any atom is -0.327 e. The Morgan fingerprint density at radius 1 is 1.60 bits per heavy atom. The number of carbonyl (C=O) groups excluding carboxylic acids is 1. The van der Waals surface area contributed by atoms with Gasteiger partial charge in [-0.25, -0.2) is 0 Å². The molecule has 0 saturated carbocycles.